The van der Waals surface area contributed by atoms with Crippen LogP contribution in [0.3, 0.4) is 0 Å². The molecule has 3 aromatic rings. The van der Waals surface area contributed by atoms with Crippen LogP contribution in [-0.4, -0.2) is 0 Å². The highest BCUT2D eigenvalue weighted by molar-refractivity contribution is 5.85. The van der Waals surface area contributed by atoms with E-state index in [1.165, 1.54) is 28.3 Å². The largest absolute Gasteiger partial charge is 0.396 e. The van der Waals surface area contributed by atoms with Crippen LogP contribution in [0.15, 0.2) is 60.7 Å². The van der Waals surface area contributed by atoms with Crippen molar-refractivity contribution in [2.24, 2.45) is 0 Å². The van der Waals surface area contributed by atoms with E-state index >= 15 is 0 Å². The molecule has 1 nitrogen and oxygen atoms in total. The molecule has 0 saturated carbocycles. The minimum absolute atomic E-state index is 0.195. The van der Waals surface area contributed by atoms with Gasteiger partial charge in [0.1, 0.15) is 5.82 Å². The molecule has 102 valence electrons. The lowest BCUT2D eigenvalue weighted by molar-refractivity contribution is 0.632. The number of rotatable bonds is 1. The van der Waals surface area contributed by atoms with Crippen molar-refractivity contribution in [3.63, 3.8) is 0 Å². The van der Waals surface area contributed by atoms with Crippen LogP contribution in [0.4, 0.5) is 10.1 Å². The van der Waals surface area contributed by atoms with Crippen LogP contribution in [-0.2, 0) is 6.42 Å². The zero-order valence-corrected chi connectivity index (χ0v) is 11.4. The van der Waals surface area contributed by atoms with E-state index in [9.17, 15) is 4.39 Å². The third-order valence-electron chi connectivity index (χ3n) is 4.16. The maximum absolute atomic E-state index is 13.4. The van der Waals surface area contributed by atoms with Crippen molar-refractivity contribution in [1.29, 1.82) is 0 Å². The topological polar surface area (TPSA) is 26.0 Å². The molecular formula is C19H14FN. The zero-order valence-electron chi connectivity index (χ0n) is 11.4. The van der Waals surface area contributed by atoms with Crippen LogP contribution < -0.4 is 5.73 Å². The molecular weight excluding hydrogens is 261 g/mol. The predicted molar refractivity (Wildman–Crippen MR) is 84.5 cm³/mol. The molecule has 0 atom stereocenters. The molecule has 4 rings (SSSR count). The monoisotopic (exact) mass is 275 g/mol. The van der Waals surface area contributed by atoms with Crippen LogP contribution in [0.5, 0.6) is 0 Å². The number of halogens is 1. The lowest BCUT2D eigenvalue weighted by Gasteiger charge is -2.10. The smallest absolute Gasteiger partial charge is 0.146 e. The summed E-state index contributed by atoms with van der Waals surface area (Å²) < 4.78 is 13.4. The molecule has 0 radical (unpaired) electrons. The molecule has 0 saturated heterocycles. The number of nitrogen functional groups attached to an aromatic ring is 1. The molecule has 0 aromatic heterocycles. The number of hydrogen-bond donors (Lipinski definition) is 1. The molecule has 21 heavy (non-hydrogen) atoms. The van der Waals surface area contributed by atoms with Crippen LogP contribution in [0.2, 0.25) is 0 Å². The maximum Gasteiger partial charge on any atom is 0.146 e. The van der Waals surface area contributed by atoms with Crippen LogP contribution in [0.25, 0.3) is 22.3 Å². The first-order valence-electron chi connectivity index (χ1n) is 6.99. The van der Waals surface area contributed by atoms with E-state index in [-0.39, 0.29) is 11.5 Å². The number of benzene rings is 3. The summed E-state index contributed by atoms with van der Waals surface area (Å²) in [5.74, 6) is -0.366. The first-order chi connectivity index (χ1) is 10.2. The van der Waals surface area contributed by atoms with E-state index in [0.717, 1.165) is 17.5 Å². The van der Waals surface area contributed by atoms with Gasteiger partial charge in [0.2, 0.25) is 0 Å². The fourth-order valence-corrected chi connectivity index (χ4v) is 3.14. The van der Waals surface area contributed by atoms with E-state index in [1.54, 1.807) is 12.1 Å². The van der Waals surface area contributed by atoms with Gasteiger partial charge in [-0.2, -0.15) is 0 Å². The van der Waals surface area contributed by atoms with Crippen LogP contribution in [0, 0.1) is 5.82 Å². The molecule has 3 aromatic carbocycles. The summed E-state index contributed by atoms with van der Waals surface area (Å²) in [7, 11) is 0. The molecule has 2 N–H and O–H groups in total. The van der Waals surface area contributed by atoms with Crippen molar-refractivity contribution in [1.82, 2.24) is 0 Å². The Morgan fingerprint density at radius 3 is 2.43 bits per heavy atom. The maximum atomic E-state index is 13.4. The predicted octanol–water partition coefficient (Wildman–Crippen LogP) is 4.65. The summed E-state index contributed by atoms with van der Waals surface area (Å²) in [4.78, 5) is 0. The number of fused-ring (bicyclic) bond motifs is 3. The Labute approximate surface area is 122 Å². The van der Waals surface area contributed by atoms with Crippen LogP contribution >= 0.6 is 0 Å². The highest BCUT2D eigenvalue weighted by Gasteiger charge is 2.21. The van der Waals surface area contributed by atoms with Gasteiger partial charge >= 0.3 is 0 Å². The molecule has 1 aliphatic rings. The zero-order chi connectivity index (χ0) is 14.4. The third-order valence-corrected chi connectivity index (χ3v) is 4.16. The quantitative estimate of drug-likeness (QED) is 0.503. The third kappa shape index (κ3) is 1.83. The van der Waals surface area contributed by atoms with Gasteiger partial charge in [-0.1, -0.05) is 48.5 Å². The molecule has 0 aliphatic heterocycles. The van der Waals surface area contributed by atoms with Gasteiger partial charge < -0.3 is 5.73 Å². The first-order valence-corrected chi connectivity index (χ1v) is 6.99. The fraction of sp³-hybridized carbons (Fsp3) is 0.0526. The Balaban J connectivity index is 1.92. The molecule has 0 amide bonds. The van der Waals surface area contributed by atoms with Gasteiger partial charge in [0.15, 0.2) is 0 Å². The van der Waals surface area contributed by atoms with Gasteiger partial charge in [0.05, 0.1) is 5.69 Å². The van der Waals surface area contributed by atoms with Crippen molar-refractivity contribution in [3.05, 3.63) is 77.6 Å². The Morgan fingerprint density at radius 2 is 1.57 bits per heavy atom. The van der Waals surface area contributed by atoms with Crippen molar-refractivity contribution in [2.45, 2.75) is 6.42 Å². The molecule has 2 heteroatoms. The summed E-state index contributed by atoms with van der Waals surface area (Å²) in [5.41, 5.74) is 13.2. The van der Waals surface area contributed by atoms with E-state index < -0.39 is 0 Å². The lowest BCUT2D eigenvalue weighted by Crippen LogP contribution is -1.93. The van der Waals surface area contributed by atoms with Gasteiger partial charge in [0.25, 0.3) is 0 Å². The highest BCUT2D eigenvalue weighted by atomic mass is 19.1. The van der Waals surface area contributed by atoms with Crippen molar-refractivity contribution in [3.8, 4) is 22.3 Å². The van der Waals surface area contributed by atoms with Crippen molar-refractivity contribution < 1.29 is 4.39 Å². The molecule has 0 fully saturated rings. The van der Waals surface area contributed by atoms with E-state index in [2.05, 4.69) is 42.5 Å². The Kier molecular flexibility index (Phi) is 2.58. The summed E-state index contributed by atoms with van der Waals surface area (Å²) in [6.45, 7) is 0. The average Bonchev–Trinajstić information content (AvgIpc) is 2.89. The van der Waals surface area contributed by atoms with Gasteiger partial charge in [-0.05, 0) is 51.9 Å². The van der Waals surface area contributed by atoms with Gasteiger partial charge in [0, 0.05) is 0 Å². The second-order valence-corrected chi connectivity index (χ2v) is 5.40. The van der Waals surface area contributed by atoms with Crippen molar-refractivity contribution >= 4 is 5.69 Å². The van der Waals surface area contributed by atoms with Gasteiger partial charge in [-0.25, -0.2) is 4.39 Å². The number of hydrogen-bond acceptors (Lipinski definition) is 1. The summed E-state index contributed by atoms with van der Waals surface area (Å²) in [6.07, 6.45) is 0.916. The molecule has 0 unspecified atom stereocenters. The Hall–Kier alpha value is -2.61. The van der Waals surface area contributed by atoms with E-state index in [4.69, 9.17) is 5.73 Å². The van der Waals surface area contributed by atoms with Gasteiger partial charge in [-0.15, -0.1) is 0 Å². The number of nitrogens with two attached hydrogens (primary N) is 1. The minimum Gasteiger partial charge on any atom is -0.396 e. The Bertz CT molecular complexity index is 852. The van der Waals surface area contributed by atoms with Crippen molar-refractivity contribution in [2.75, 3.05) is 5.73 Å². The lowest BCUT2D eigenvalue weighted by atomic mass is 9.95. The summed E-state index contributed by atoms with van der Waals surface area (Å²) in [6, 6.07) is 19.7. The first kappa shape index (κ1) is 12.2. The highest BCUT2D eigenvalue weighted by Crippen LogP contribution is 2.41. The Morgan fingerprint density at radius 1 is 0.810 bits per heavy atom. The number of anilines is 1. The van der Waals surface area contributed by atoms with E-state index in [1.807, 2.05) is 0 Å². The second kappa shape index (κ2) is 4.45. The summed E-state index contributed by atoms with van der Waals surface area (Å²) >= 11 is 0. The van der Waals surface area contributed by atoms with Crippen LogP contribution in [0.1, 0.15) is 11.1 Å². The fourth-order valence-electron chi connectivity index (χ4n) is 3.14. The molecule has 1 aliphatic carbocycles. The molecule has 0 heterocycles. The van der Waals surface area contributed by atoms with E-state index in [0.29, 0.717) is 0 Å². The average molecular weight is 275 g/mol. The normalized spacial score (nSPS) is 12.0. The molecule has 0 spiro atoms. The standard InChI is InChI=1S/C19H14FN/c20-18-9-8-13(11-19(18)21)15-6-3-7-16-14-5-2-1-4-12(14)10-17(15)16/h1-9,11H,10,21H2. The molecule has 0 bridgehead atoms. The SMILES string of the molecule is Nc1cc(-c2cccc3c2Cc2ccccc2-3)ccc1F. The second-order valence-electron chi connectivity index (χ2n) is 5.40. The minimum atomic E-state index is -0.366. The summed E-state index contributed by atoms with van der Waals surface area (Å²) in [5, 5.41) is 0. The van der Waals surface area contributed by atoms with Gasteiger partial charge in [-0.3, -0.25) is 0 Å².